The quantitative estimate of drug-likeness (QED) is 0.516. The van der Waals surface area contributed by atoms with Crippen LogP contribution in [0, 0.1) is 0 Å². The molecule has 0 amide bonds. The summed E-state index contributed by atoms with van der Waals surface area (Å²) in [6.07, 6.45) is 1.72. The predicted octanol–water partition coefficient (Wildman–Crippen LogP) is 3.56. The van der Waals surface area contributed by atoms with Crippen molar-refractivity contribution in [1.29, 1.82) is 0 Å². The number of hydrogen-bond acceptors (Lipinski definition) is 3. The van der Waals surface area contributed by atoms with E-state index >= 15 is 0 Å². The average Bonchev–Trinajstić information content (AvgIpc) is 2.47. The van der Waals surface area contributed by atoms with Crippen LogP contribution in [0.4, 0.5) is 0 Å². The second kappa shape index (κ2) is 4.69. The summed E-state index contributed by atoms with van der Waals surface area (Å²) in [4.78, 5) is 15.9. The van der Waals surface area contributed by atoms with E-state index in [1.54, 1.807) is 19.2 Å². The second-order valence-corrected chi connectivity index (χ2v) is 4.30. The number of benzene rings is 2. The molecule has 0 aliphatic heterocycles. The Bertz CT molecular complexity index is 765. The maximum absolute atomic E-state index is 11.7. The van der Waals surface area contributed by atoms with Gasteiger partial charge in [0.15, 0.2) is 0 Å². The number of nitrogens with zero attached hydrogens (tertiary/aromatic N) is 1. The van der Waals surface area contributed by atoms with E-state index in [0.717, 1.165) is 21.5 Å². The van der Waals surface area contributed by atoms with Gasteiger partial charge in [-0.15, -0.1) is 0 Å². The fourth-order valence-electron chi connectivity index (χ4n) is 2.22. The Labute approximate surface area is 110 Å². The molecule has 1 aromatic heterocycles. The molecule has 94 valence electrons. The van der Waals surface area contributed by atoms with Gasteiger partial charge in [0, 0.05) is 11.6 Å². The van der Waals surface area contributed by atoms with Gasteiger partial charge in [0.25, 0.3) is 0 Å². The summed E-state index contributed by atoms with van der Waals surface area (Å²) in [5.74, 6) is -0.377. The summed E-state index contributed by atoms with van der Waals surface area (Å²) in [6, 6.07) is 14.0. The van der Waals surface area contributed by atoms with Gasteiger partial charge in [0.1, 0.15) is 5.69 Å². The summed E-state index contributed by atoms with van der Waals surface area (Å²) in [6.45, 7) is 2.14. The third-order valence-electron chi connectivity index (χ3n) is 3.11. The average molecular weight is 251 g/mol. The van der Waals surface area contributed by atoms with Crippen molar-refractivity contribution in [2.75, 3.05) is 6.61 Å². The van der Waals surface area contributed by atoms with E-state index in [9.17, 15) is 4.79 Å². The van der Waals surface area contributed by atoms with Crippen LogP contribution in [0.15, 0.2) is 48.7 Å². The minimum absolute atomic E-state index is 0.353. The Morgan fingerprint density at radius 2 is 1.89 bits per heavy atom. The van der Waals surface area contributed by atoms with Crippen LogP contribution in [-0.2, 0) is 4.74 Å². The molecule has 0 unspecified atom stereocenters. The van der Waals surface area contributed by atoms with Crippen molar-refractivity contribution in [2.45, 2.75) is 6.92 Å². The van der Waals surface area contributed by atoms with E-state index < -0.39 is 0 Å². The Hall–Kier alpha value is -2.42. The Morgan fingerprint density at radius 3 is 2.74 bits per heavy atom. The molecular weight excluding hydrogens is 238 g/mol. The molecule has 0 saturated carbocycles. The maximum Gasteiger partial charge on any atom is 0.356 e. The van der Waals surface area contributed by atoms with Crippen LogP contribution in [0.5, 0.6) is 0 Å². The smallest absolute Gasteiger partial charge is 0.356 e. The third kappa shape index (κ3) is 2.03. The van der Waals surface area contributed by atoms with Gasteiger partial charge in [-0.2, -0.15) is 0 Å². The number of fused-ring (bicyclic) bond motifs is 3. The number of rotatable bonds is 2. The van der Waals surface area contributed by atoms with Crippen molar-refractivity contribution >= 4 is 27.5 Å². The van der Waals surface area contributed by atoms with Crippen LogP contribution in [0.2, 0.25) is 0 Å². The van der Waals surface area contributed by atoms with Gasteiger partial charge in [-0.1, -0.05) is 36.4 Å². The number of carbonyl (C=O) groups excluding carboxylic acids is 1. The second-order valence-electron chi connectivity index (χ2n) is 4.30. The molecule has 0 atom stereocenters. The molecule has 0 spiro atoms. The summed E-state index contributed by atoms with van der Waals surface area (Å²) in [5.41, 5.74) is 0.353. The van der Waals surface area contributed by atoms with Gasteiger partial charge in [-0.25, -0.2) is 9.78 Å². The zero-order valence-corrected chi connectivity index (χ0v) is 10.6. The topological polar surface area (TPSA) is 39.2 Å². The minimum atomic E-state index is -0.377. The SMILES string of the molecule is CCOC(=O)c1cc2c(ccc3ccccc32)cn1. The summed E-state index contributed by atoms with van der Waals surface area (Å²) in [7, 11) is 0. The van der Waals surface area contributed by atoms with E-state index in [1.807, 2.05) is 24.3 Å². The van der Waals surface area contributed by atoms with E-state index in [0.29, 0.717) is 12.3 Å². The molecule has 0 aliphatic rings. The summed E-state index contributed by atoms with van der Waals surface area (Å²) >= 11 is 0. The highest BCUT2D eigenvalue weighted by Gasteiger charge is 2.10. The van der Waals surface area contributed by atoms with Gasteiger partial charge < -0.3 is 4.74 Å². The van der Waals surface area contributed by atoms with Crippen molar-refractivity contribution in [3.05, 3.63) is 54.4 Å². The highest BCUT2D eigenvalue weighted by Crippen LogP contribution is 2.25. The number of hydrogen-bond donors (Lipinski definition) is 0. The normalized spacial score (nSPS) is 10.8. The highest BCUT2D eigenvalue weighted by molar-refractivity contribution is 6.08. The Kier molecular flexibility index (Phi) is 2.88. The predicted molar refractivity (Wildman–Crippen MR) is 75.2 cm³/mol. The van der Waals surface area contributed by atoms with Crippen LogP contribution in [0.1, 0.15) is 17.4 Å². The van der Waals surface area contributed by atoms with E-state index in [1.165, 1.54) is 0 Å². The van der Waals surface area contributed by atoms with Crippen molar-refractivity contribution in [2.24, 2.45) is 0 Å². The van der Waals surface area contributed by atoms with Crippen LogP contribution >= 0.6 is 0 Å². The van der Waals surface area contributed by atoms with Gasteiger partial charge in [-0.3, -0.25) is 0 Å². The Morgan fingerprint density at radius 1 is 1.11 bits per heavy atom. The number of carbonyl (C=O) groups is 1. The molecule has 0 aliphatic carbocycles. The van der Waals surface area contributed by atoms with Crippen LogP contribution < -0.4 is 0 Å². The monoisotopic (exact) mass is 251 g/mol. The number of pyridine rings is 1. The van der Waals surface area contributed by atoms with Gasteiger partial charge >= 0.3 is 5.97 Å². The fraction of sp³-hybridized carbons (Fsp3) is 0.125. The molecule has 2 aromatic carbocycles. The maximum atomic E-state index is 11.7. The standard InChI is InChI=1S/C16H13NO2/c1-2-19-16(18)15-9-14-12(10-17-15)8-7-11-5-3-4-6-13(11)14/h3-10H,2H2,1H3. The minimum Gasteiger partial charge on any atom is -0.461 e. The van der Waals surface area contributed by atoms with Crippen molar-refractivity contribution in [3.63, 3.8) is 0 Å². The molecule has 0 radical (unpaired) electrons. The lowest BCUT2D eigenvalue weighted by Crippen LogP contribution is -2.06. The van der Waals surface area contributed by atoms with Crippen LogP contribution in [0.3, 0.4) is 0 Å². The first-order valence-corrected chi connectivity index (χ1v) is 6.24. The van der Waals surface area contributed by atoms with Crippen molar-refractivity contribution in [1.82, 2.24) is 4.98 Å². The van der Waals surface area contributed by atoms with Crippen molar-refractivity contribution < 1.29 is 9.53 Å². The molecule has 0 saturated heterocycles. The largest absolute Gasteiger partial charge is 0.461 e. The molecule has 3 heteroatoms. The molecule has 0 fully saturated rings. The Balaban J connectivity index is 2.25. The molecule has 3 nitrogen and oxygen atoms in total. The van der Waals surface area contributed by atoms with Crippen molar-refractivity contribution in [3.8, 4) is 0 Å². The van der Waals surface area contributed by atoms with Crippen LogP contribution in [-0.4, -0.2) is 17.6 Å². The fourth-order valence-corrected chi connectivity index (χ4v) is 2.22. The first-order valence-electron chi connectivity index (χ1n) is 6.24. The lowest BCUT2D eigenvalue weighted by Gasteiger charge is -2.06. The van der Waals surface area contributed by atoms with E-state index in [-0.39, 0.29) is 5.97 Å². The third-order valence-corrected chi connectivity index (χ3v) is 3.11. The summed E-state index contributed by atoms with van der Waals surface area (Å²) < 4.78 is 4.99. The zero-order chi connectivity index (χ0) is 13.2. The molecule has 3 rings (SSSR count). The number of esters is 1. The number of ether oxygens (including phenoxy) is 1. The molecule has 0 bridgehead atoms. The molecule has 3 aromatic rings. The van der Waals surface area contributed by atoms with Gasteiger partial charge in [0.2, 0.25) is 0 Å². The molecule has 1 heterocycles. The van der Waals surface area contributed by atoms with Gasteiger partial charge in [0.05, 0.1) is 6.61 Å². The first kappa shape index (κ1) is 11.7. The van der Waals surface area contributed by atoms with Crippen LogP contribution in [0.25, 0.3) is 21.5 Å². The summed E-state index contributed by atoms with van der Waals surface area (Å²) in [5, 5.41) is 4.31. The first-order chi connectivity index (χ1) is 9.29. The van der Waals surface area contributed by atoms with Gasteiger partial charge in [-0.05, 0) is 29.1 Å². The van der Waals surface area contributed by atoms with E-state index in [2.05, 4.69) is 17.1 Å². The molecular formula is C16H13NO2. The molecule has 19 heavy (non-hydrogen) atoms. The van der Waals surface area contributed by atoms with E-state index in [4.69, 9.17) is 4.74 Å². The number of aromatic nitrogens is 1. The lowest BCUT2D eigenvalue weighted by atomic mass is 10.0. The molecule has 0 N–H and O–H groups in total. The zero-order valence-electron chi connectivity index (χ0n) is 10.6. The highest BCUT2D eigenvalue weighted by atomic mass is 16.5. The lowest BCUT2D eigenvalue weighted by molar-refractivity contribution is 0.0520.